The monoisotopic (exact) mass is 241 g/mol. The average Bonchev–Trinajstić information content (AvgIpc) is 2.27. The molecular weight excluding hydrogens is 226 g/mol. The Bertz CT molecular complexity index is 393. The van der Waals surface area contributed by atoms with Gasteiger partial charge in [0.1, 0.15) is 0 Å². The summed E-state index contributed by atoms with van der Waals surface area (Å²) in [7, 11) is 1.40. The number of rotatable bonds is 1. The van der Waals surface area contributed by atoms with Crippen molar-refractivity contribution < 1.29 is 9.53 Å². The van der Waals surface area contributed by atoms with E-state index in [1.54, 1.807) is 0 Å². The predicted octanol–water partition coefficient (Wildman–Crippen LogP) is 1.71. The van der Waals surface area contributed by atoms with E-state index in [0.717, 1.165) is 19.3 Å². The van der Waals surface area contributed by atoms with Crippen molar-refractivity contribution in [1.29, 1.82) is 0 Å². The number of benzene rings is 1. The smallest absolute Gasteiger partial charge is 0.337 e. The Morgan fingerprint density at radius 2 is 2.19 bits per heavy atom. The Balaban J connectivity index is 0.00000128. The van der Waals surface area contributed by atoms with Crippen LogP contribution in [0.1, 0.15) is 27.9 Å². The highest BCUT2D eigenvalue weighted by atomic mass is 35.5. The minimum absolute atomic E-state index is 0. The summed E-state index contributed by atoms with van der Waals surface area (Å²) in [6.45, 7) is 0. The van der Waals surface area contributed by atoms with Crippen LogP contribution in [0.4, 0.5) is 0 Å². The molecule has 0 amide bonds. The largest absolute Gasteiger partial charge is 0.465 e. The van der Waals surface area contributed by atoms with Gasteiger partial charge in [-0.15, -0.1) is 12.4 Å². The molecule has 1 aromatic rings. The number of carbonyl (C=O) groups excluding carboxylic acids is 1. The van der Waals surface area contributed by atoms with E-state index in [4.69, 9.17) is 5.73 Å². The molecule has 0 heterocycles. The predicted molar refractivity (Wildman–Crippen MR) is 65.0 cm³/mol. The highest BCUT2D eigenvalue weighted by Gasteiger charge is 2.17. The standard InChI is InChI=1S/C12H15NO2.ClH/c1-15-12(14)9-3-2-8-4-5-11(13)7-10(8)6-9;/h2-3,6,11H,4-5,7,13H2,1H3;1H/t11-;/m0./s1. The third-order valence-corrected chi connectivity index (χ3v) is 2.89. The summed E-state index contributed by atoms with van der Waals surface area (Å²) in [5.74, 6) is -0.281. The fourth-order valence-electron chi connectivity index (χ4n) is 2.03. The van der Waals surface area contributed by atoms with Gasteiger partial charge in [0.25, 0.3) is 0 Å². The van der Waals surface area contributed by atoms with Crippen LogP contribution >= 0.6 is 12.4 Å². The van der Waals surface area contributed by atoms with Crippen molar-refractivity contribution in [1.82, 2.24) is 0 Å². The lowest BCUT2D eigenvalue weighted by molar-refractivity contribution is 0.0600. The van der Waals surface area contributed by atoms with Crippen molar-refractivity contribution >= 4 is 18.4 Å². The molecule has 3 nitrogen and oxygen atoms in total. The molecule has 0 aromatic heterocycles. The van der Waals surface area contributed by atoms with Crippen LogP contribution in [0.5, 0.6) is 0 Å². The van der Waals surface area contributed by atoms with Gasteiger partial charge in [-0.2, -0.15) is 0 Å². The van der Waals surface area contributed by atoms with Gasteiger partial charge in [0, 0.05) is 6.04 Å². The number of hydrogen-bond acceptors (Lipinski definition) is 3. The molecule has 0 saturated heterocycles. The van der Waals surface area contributed by atoms with Crippen molar-refractivity contribution in [2.24, 2.45) is 5.73 Å². The van der Waals surface area contributed by atoms with Crippen LogP contribution < -0.4 is 5.73 Å². The molecule has 4 heteroatoms. The summed E-state index contributed by atoms with van der Waals surface area (Å²) in [5.41, 5.74) is 9.01. The first-order valence-electron chi connectivity index (χ1n) is 5.16. The highest BCUT2D eigenvalue weighted by molar-refractivity contribution is 5.89. The molecule has 88 valence electrons. The van der Waals surface area contributed by atoms with E-state index in [9.17, 15) is 4.79 Å². The van der Waals surface area contributed by atoms with Crippen LogP contribution in [-0.4, -0.2) is 19.1 Å². The third kappa shape index (κ3) is 2.54. The maximum Gasteiger partial charge on any atom is 0.337 e. The number of hydrogen-bond donors (Lipinski definition) is 1. The van der Waals surface area contributed by atoms with Crippen LogP contribution in [0, 0.1) is 0 Å². The fourth-order valence-corrected chi connectivity index (χ4v) is 2.03. The van der Waals surface area contributed by atoms with Crippen molar-refractivity contribution in [3.05, 3.63) is 34.9 Å². The van der Waals surface area contributed by atoms with Gasteiger partial charge >= 0.3 is 5.97 Å². The number of carbonyl (C=O) groups is 1. The fraction of sp³-hybridized carbons (Fsp3) is 0.417. The Kier molecular flexibility index (Phi) is 4.33. The van der Waals surface area contributed by atoms with Gasteiger partial charge in [0.15, 0.2) is 0 Å². The molecule has 0 aliphatic heterocycles. The van der Waals surface area contributed by atoms with Gasteiger partial charge in [0.05, 0.1) is 12.7 Å². The lowest BCUT2D eigenvalue weighted by Crippen LogP contribution is -2.28. The van der Waals surface area contributed by atoms with Crippen LogP contribution in [-0.2, 0) is 17.6 Å². The first-order chi connectivity index (χ1) is 7.20. The van der Waals surface area contributed by atoms with E-state index in [1.807, 2.05) is 18.2 Å². The zero-order valence-electron chi connectivity index (χ0n) is 9.23. The maximum atomic E-state index is 11.3. The Morgan fingerprint density at radius 1 is 1.44 bits per heavy atom. The molecule has 0 bridgehead atoms. The van der Waals surface area contributed by atoms with Crippen molar-refractivity contribution in [3.8, 4) is 0 Å². The van der Waals surface area contributed by atoms with E-state index < -0.39 is 0 Å². The Hall–Kier alpha value is -1.06. The highest BCUT2D eigenvalue weighted by Crippen LogP contribution is 2.22. The van der Waals surface area contributed by atoms with Gasteiger partial charge in [-0.25, -0.2) is 4.79 Å². The molecule has 0 saturated carbocycles. The summed E-state index contributed by atoms with van der Waals surface area (Å²) >= 11 is 0. The second-order valence-electron chi connectivity index (χ2n) is 3.98. The first-order valence-corrected chi connectivity index (χ1v) is 5.16. The number of nitrogens with two attached hydrogens (primary N) is 1. The lowest BCUT2D eigenvalue weighted by atomic mass is 9.88. The van der Waals surface area contributed by atoms with Crippen LogP contribution in [0.3, 0.4) is 0 Å². The van der Waals surface area contributed by atoms with E-state index >= 15 is 0 Å². The molecule has 1 aliphatic carbocycles. The number of aryl methyl sites for hydroxylation is 1. The summed E-state index contributed by atoms with van der Waals surface area (Å²) in [4.78, 5) is 11.3. The Labute approximate surface area is 101 Å². The molecule has 2 N–H and O–H groups in total. The molecule has 2 rings (SSSR count). The van der Waals surface area contributed by atoms with Crippen molar-refractivity contribution in [2.45, 2.75) is 25.3 Å². The number of fused-ring (bicyclic) bond motifs is 1. The average molecular weight is 242 g/mol. The zero-order chi connectivity index (χ0) is 10.8. The number of esters is 1. The van der Waals surface area contributed by atoms with Gasteiger partial charge in [-0.05, 0) is 42.5 Å². The summed E-state index contributed by atoms with van der Waals surface area (Å²) < 4.78 is 4.68. The molecular formula is C12H16ClNO2. The topological polar surface area (TPSA) is 52.3 Å². The van der Waals surface area contributed by atoms with Gasteiger partial charge in [0.2, 0.25) is 0 Å². The molecule has 0 spiro atoms. The third-order valence-electron chi connectivity index (χ3n) is 2.89. The lowest BCUT2D eigenvalue weighted by Gasteiger charge is -2.21. The molecule has 16 heavy (non-hydrogen) atoms. The van der Waals surface area contributed by atoms with E-state index in [1.165, 1.54) is 18.2 Å². The summed E-state index contributed by atoms with van der Waals surface area (Å²) in [5, 5.41) is 0. The molecule has 0 radical (unpaired) electrons. The molecule has 0 unspecified atom stereocenters. The maximum absolute atomic E-state index is 11.3. The van der Waals surface area contributed by atoms with Crippen LogP contribution in [0.25, 0.3) is 0 Å². The van der Waals surface area contributed by atoms with Crippen LogP contribution in [0.15, 0.2) is 18.2 Å². The molecule has 0 fully saturated rings. The zero-order valence-corrected chi connectivity index (χ0v) is 10.0. The summed E-state index contributed by atoms with van der Waals surface area (Å²) in [6, 6.07) is 5.96. The minimum Gasteiger partial charge on any atom is -0.465 e. The first kappa shape index (κ1) is 13.0. The molecule has 1 atom stereocenters. The normalized spacial score (nSPS) is 18.2. The van der Waals surface area contributed by atoms with E-state index in [2.05, 4.69) is 4.74 Å². The summed E-state index contributed by atoms with van der Waals surface area (Å²) in [6.07, 6.45) is 2.91. The number of ether oxygens (including phenoxy) is 1. The molecule has 1 aromatic carbocycles. The van der Waals surface area contributed by atoms with Gasteiger partial charge in [-0.3, -0.25) is 0 Å². The van der Waals surface area contributed by atoms with Gasteiger partial charge < -0.3 is 10.5 Å². The van der Waals surface area contributed by atoms with Crippen LogP contribution in [0.2, 0.25) is 0 Å². The second-order valence-corrected chi connectivity index (χ2v) is 3.98. The number of halogens is 1. The Morgan fingerprint density at radius 3 is 2.88 bits per heavy atom. The second kappa shape index (κ2) is 5.32. The quantitative estimate of drug-likeness (QED) is 0.762. The van der Waals surface area contributed by atoms with Crippen molar-refractivity contribution in [3.63, 3.8) is 0 Å². The number of methoxy groups -OCH3 is 1. The molecule has 1 aliphatic rings. The van der Waals surface area contributed by atoms with Crippen molar-refractivity contribution in [2.75, 3.05) is 7.11 Å². The van der Waals surface area contributed by atoms with Gasteiger partial charge in [-0.1, -0.05) is 6.07 Å². The van der Waals surface area contributed by atoms with E-state index in [0.29, 0.717) is 5.56 Å². The van der Waals surface area contributed by atoms with E-state index in [-0.39, 0.29) is 24.4 Å². The minimum atomic E-state index is -0.281. The SMILES string of the molecule is COC(=O)c1ccc2c(c1)C[C@@H](N)CC2.Cl.